The van der Waals surface area contributed by atoms with Crippen LogP contribution in [0.5, 0.6) is 0 Å². The fourth-order valence-corrected chi connectivity index (χ4v) is 2.72. The second kappa shape index (κ2) is 5.08. The SMILES string of the molecule is CCCn1c(-c2ccccc2)nc(C2CCC2)c1N. The van der Waals surface area contributed by atoms with E-state index in [1.165, 1.54) is 19.3 Å². The van der Waals surface area contributed by atoms with Crippen LogP contribution in [0, 0.1) is 0 Å². The summed E-state index contributed by atoms with van der Waals surface area (Å²) in [5, 5.41) is 0. The van der Waals surface area contributed by atoms with Gasteiger partial charge in [-0.2, -0.15) is 0 Å². The van der Waals surface area contributed by atoms with E-state index in [9.17, 15) is 0 Å². The van der Waals surface area contributed by atoms with Gasteiger partial charge in [0.1, 0.15) is 11.6 Å². The van der Waals surface area contributed by atoms with Gasteiger partial charge in [0, 0.05) is 18.0 Å². The van der Waals surface area contributed by atoms with Crippen molar-refractivity contribution in [2.45, 2.75) is 45.1 Å². The highest BCUT2D eigenvalue weighted by atomic mass is 15.1. The van der Waals surface area contributed by atoms with Gasteiger partial charge >= 0.3 is 0 Å². The number of hydrogen-bond donors (Lipinski definition) is 1. The highest BCUT2D eigenvalue weighted by molar-refractivity contribution is 5.61. The van der Waals surface area contributed by atoms with Crippen molar-refractivity contribution in [3.63, 3.8) is 0 Å². The Hall–Kier alpha value is -1.77. The summed E-state index contributed by atoms with van der Waals surface area (Å²) in [6, 6.07) is 10.4. The second-order valence-electron chi connectivity index (χ2n) is 5.35. The standard InChI is InChI=1S/C16H21N3/c1-2-11-19-15(17)14(12-9-6-10-12)18-16(19)13-7-4-3-5-8-13/h3-5,7-8,12H,2,6,9-11,17H2,1H3. The molecular formula is C16H21N3. The molecule has 1 aliphatic carbocycles. The van der Waals surface area contributed by atoms with Gasteiger partial charge in [0.15, 0.2) is 0 Å². The Bertz CT molecular complexity index is 553. The third kappa shape index (κ3) is 2.14. The second-order valence-corrected chi connectivity index (χ2v) is 5.35. The number of nitrogen functional groups attached to an aromatic ring is 1. The van der Waals surface area contributed by atoms with Crippen LogP contribution in [0.15, 0.2) is 30.3 Å². The maximum atomic E-state index is 6.34. The summed E-state index contributed by atoms with van der Waals surface area (Å²) in [5.41, 5.74) is 8.62. The third-order valence-electron chi connectivity index (χ3n) is 4.01. The summed E-state index contributed by atoms with van der Waals surface area (Å²) < 4.78 is 2.18. The van der Waals surface area contributed by atoms with Gasteiger partial charge in [0.25, 0.3) is 0 Å². The van der Waals surface area contributed by atoms with Gasteiger partial charge in [-0.15, -0.1) is 0 Å². The van der Waals surface area contributed by atoms with Crippen LogP contribution in [0.4, 0.5) is 5.82 Å². The van der Waals surface area contributed by atoms with E-state index in [2.05, 4.69) is 35.8 Å². The molecule has 1 heterocycles. The number of nitrogens with two attached hydrogens (primary N) is 1. The summed E-state index contributed by atoms with van der Waals surface area (Å²) in [5.74, 6) is 2.49. The van der Waals surface area contributed by atoms with Crippen molar-refractivity contribution in [2.75, 3.05) is 5.73 Å². The van der Waals surface area contributed by atoms with E-state index in [0.29, 0.717) is 5.92 Å². The van der Waals surface area contributed by atoms with Gasteiger partial charge in [0.05, 0.1) is 5.69 Å². The molecule has 0 aliphatic heterocycles. The number of anilines is 1. The first-order valence-electron chi connectivity index (χ1n) is 7.22. The van der Waals surface area contributed by atoms with Crippen LogP contribution in [-0.2, 0) is 6.54 Å². The van der Waals surface area contributed by atoms with Crippen LogP contribution in [-0.4, -0.2) is 9.55 Å². The molecule has 1 aliphatic rings. The molecule has 2 N–H and O–H groups in total. The van der Waals surface area contributed by atoms with Gasteiger partial charge in [0.2, 0.25) is 0 Å². The van der Waals surface area contributed by atoms with Crippen molar-refractivity contribution in [1.29, 1.82) is 0 Å². The van der Waals surface area contributed by atoms with Crippen molar-refractivity contribution < 1.29 is 0 Å². The molecule has 100 valence electrons. The summed E-state index contributed by atoms with van der Waals surface area (Å²) in [4.78, 5) is 4.86. The topological polar surface area (TPSA) is 43.8 Å². The molecule has 3 rings (SSSR count). The summed E-state index contributed by atoms with van der Waals surface area (Å²) in [6.45, 7) is 3.12. The van der Waals surface area contributed by atoms with Gasteiger partial charge < -0.3 is 10.3 Å². The molecule has 0 bridgehead atoms. The minimum Gasteiger partial charge on any atom is -0.384 e. The molecule has 3 nitrogen and oxygen atoms in total. The predicted octanol–water partition coefficient (Wildman–Crippen LogP) is 3.81. The third-order valence-corrected chi connectivity index (χ3v) is 4.01. The minimum atomic E-state index is 0.584. The molecule has 1 fully saturated rings. The average molecular weight is 255 g/mol. The molecular weight excluding hydrogens is 234 g/mol. The number of nitrogens with zero attached hydrogens (tertiary/aromatic N) is 2. The van der Waals surface area contributed by atoms with Crippen LogP contribution in [0.1, 0.15) is 44.2 Å². The number of benzene rings is 1. The first-order chi connectivity index (χ1) is 9.31. The van der Waals surface area contributed by atoms with Gasteiger partial charge in [-0.05, 0) is 19.3 Å². The quantitative estimate of drug-likeness (QED) is 0.902. The molecule has 0 radical (unpaired) electrons. The number of imidazole rings is 1. The predicted molar refractivity (Wildman–Crippen MR) is 79.0 cm³/mol. The Labute approximate surface area is 114 Å². The average Bonchev–Trinajstić information content (AvgIpc) is 2.68. The van der Waals surface area contributed by atoms with Crippen molar-refractivity contribution in [2.24, 2.45) is 0 Å². The highest BCUT2D eigenvalue weighted by Crippen LogP contribution is 2.40. The molecule has 3 heteroatoms. The Morgan fingerprint density at radius 1 is 1.26 bits per heavy atom. The van der Waals surface area contributed by atoms with Crippen molar-refractivity contribution in [3.05, 3.63) is 36.0 Å². The zero-order valence-corrected chi connectivity index (χ0v) is 11.5. The zero-order valence-electron chi connectivity index (χ0n) is 11.5. The lowest BCUT2D eigenvalue weighted by Crippen LogP contribution is -2.12. The molecule has 0 unspecified atom stereocenters. The number of aromatic nitrogens is 2. The molecule has 1 saturated carbocycles. The smallest absolute Gasteiger partial charge is 0.141 e. The van der Waals surface area contributed by atoms with E-state index in [0.717, 1.165) is 35.9 Å². The molecule has 0 saturated heterocycles. The molecule has 1 aromatic heterocycles. The Morgan fingerprint density at radius 3 is 2.58 bits per heavy atom. The fourth-order valence-electron chi connectivity index (χ4n) is 2.72. The molecule has 2 aromatic rings. The van der Waals surface area contributed by atoms with Crippen LogP contribution in [0.3, 0.4) is 0 Å². The van der Waals surface area contributed by atoms with Crippen LogP contribution in [0.25, 0.3) is 11.4 Å². The summed E-state index contributed by atoms with van der Waals surface area (Å²) >= 11 is 0. The van der Waals surface area contributed by atoms with Gasteiger partial charge in [-0.1, -0.05) is 43.7 Å². The van der Waals surface area contributed by atoms with E-state index in [1.54, 1.807) is 0 Å². The molecule has 0 amide bonds. The van der Waals surface area contributed by atoms with Crippen molar-refractivity contribution in [1.82, 2.24) is 9.55 Å². The van der Waals surface area contributed by atoms with Crippen molar-refractivity contribution in [3.8, 4) is 11.4 Å². The van der Waals surface area contributed by atoms with Crippen LogP contribution >= 0.6 is 0 Å². The lowest BCUT2D eigenvalue weighted by atomic mass is 9.83. The Morgan fingerprint density at radius 2 is 2.00 bits per heavy atom. The fraction of sp³-hybridized carbons (Fsp3) is 0.438. The molecule has 0 atom stereocenters. The molecule has 0 spiro atoms. The van der Waals surface area contributed by atoms with E-state index in [4.69, 9.17) is 10.7 Å². The first kappa shape index (κ1) is 12.3. The summed E-state index contributed by atoms with van der Waals surface area (Å²) in [6.07, 6.45) is 4.86. The van der Waals surface area contributed by atoms with Gasteiger partial charge in [-0.25, -0.2) is 4.98 Å². The van der Waals surface area contributed by atoms with E-state index < -0.39 is 0 Å². The van der Waals surface area contributed by atoms with E-state index >= 15 is 0 Å². The van der Waals surface area contributed by atoms with E-state index in [-0.39, 0.29) is 0 Å². The van der Waals surface area contributed by atoms with Crippen LogP contribution < -0.4 is 5.73 Å². The molecule has 19 heavy (non-hydrogen) atoms. The lowest BCUT2D eigenvalue weighted by molar-refractivity contribution is 0.413. The van der Waals surface area contributed by atoms with E-state index in [1.807, 2.05) is 6.07 Å². The monoisotopic (exact) mass is 255 g/mol. The van der Waals surface area contributed by atoms with Gasteiger partial charge in [-0.3, -0.25) is 0 Å². The largest absolute Gasteiger partial charge is 0.384 e. The first-order valence-corrected chi connectivity index (χ1v) is 7.22. The maximum Gasteiger partial charge on any atom is 0.141 e. The van der Waals surface area contributed by atoms with Crippen LogP contribution in [0.2, 0.25) is 0 Å². The Balaban J connectivity index is 2.06. The zero-order chi connectivity index (χ0) is 13.2. The Kier molecular flexibility index (Phi) is 3.28. The van der Waals surface area contributed by atoms with Crippen molar-refractivity contribution >= 4 is 5.82 Å². The normalized spacial score (nSPS) is 15.4. The maximum absolute atomic E-state index is 6.34. The number of rotatable bonds is 4. The number of hydrogen-bond acceptors (Lipinski definition) is 2. The summed E-state index contributed by atoms with van der Waals surface area (Å²) in [7, 11) is 0. The highest BCUT2D eigenvalue weighted by Gasteiger charge is 2.27. The lowest BCUT2D eigenvalue weighted by Gasteiger charge is -2.23. The molecule has 1 aromatic carbocycles. The minimum absolute atomic E-state index is 0.584.